The first-order valence-corrected chi connectivity index (χ1v) is 50.1. The molecule has 0 saturated heterocycles. The Labute approximate surface area is 793 Å². The lowest BCUT2D eigenvalue weighted by Crippen LogP contribution is -2.23. The van der Waals surface area contributed by atoms with Crippen molar-refractivity contribution in [3.05, 3.63) is 150 Å². The van der Waals surface area contributed by atoms with Crippen LogP contribution in [-0.2, 0) is 88.2 Å². The molecule has 14 nitrogen and oxygen atoms in total. The number of carbonyl (C=O) groups is 5. The normalized spacial score (nSPS) is 12.4. The van der Waals surface area contributed by atoms with Gasteiger partial charge >= 0.3 is 29.8 Å². The predicted molar refractivity (Wildman–Crippen MR) is 547 cm³/mol. The van der Waals surface area contributed by atoms with E-state index in [4.69, 9.17) is 0 Å². The lowest BCUT2D eigenvalue weighted by molar-refractivity contribution is -0.148. The zero-order valence-corrected chi connectivity index (χ0v) is 88.6. The maximum atomic E-state index is 11.3. The third kappa shape index (κ3) is 50.7. The molecule has 0 saturated carbocycles. The summed E-state index contributed by atoms with van der Waals surface area (Å²) in [6.45, 7) is 65.4. The summed E-state index contributed by atoms with van der Waals surface area (Å²) in [5.74, 6) is -2.89. The predicted octanol–water partition coefficient (Wildman–Crippen LogP) is 32.0. The molecular formula is C116H192O14. The van der Waals surface area contributed by atoms with E-state index >= 15 is 0 Å². The minimum atomic E-state index is -0.780. The Balaban J connectivity index is 0.000000812. The summed E-state index contributed by atoms with van der Waals surface area (Å²) in [5.41, 5.74) is 19.5. The maximum Gasteiger partial charge on any atom is 0.309 e. The van der Waals surface area contributed by atoms with Gasteiger partial charge < -0.3 is 46.0 Å². The van der Waals surface area contributed by atoms with E-state index in [-0.39, 0.29) is 23.0 Å². The van der Waals surface area contributed by atoms with Gasteiger partial charge in [0.05, 0.1) is 27.1 Å². The molecule has 0 aliphatic rings. The van der Waals surface area contributed by atoms with Crippen LogP contribution in [0.3, 0.4) is 0 Å². The number of hydrogen-bond donors (Lipinski definition) is 9. The highest BCUT2D eigenvalue weighted by Crippen LogP contribution is 2.39. The van der Waals surface area contributed by atoms with Gasteiger partial charge in [-0.3, -0.25) is 24.0 Å². The van der Waals surface area contributed by atoms with Crippen LogP contribution in [-0.4, -0.2) is 75.8 Å². The number of phenols is 4. The molecule has 0 heterocycles. The fraction of sp³-hybridized carbons (Fsp3) is 0.698. The SMILES string of the molecule is CC(C)(C)CCCCc1c(O)cc(O)cc1CCCCC(C)(C)C(=O)O.CC(C)(C)CCCCc1c(O)ccc(O)c1CCCCC(C)(C)C(=O)O.Cc1cc(C)c(CCCCC(C)(C)C)c(CCCCC(C)(C)C(=O)O)c1.Cc1cc(CCCCC(C)(C)C)c(CCCCC(C)(C)C(=O)O)cc1C.Cc1ccc(C)c(CCCCC(C)(C)C(=O)O)c1CCCCC(C)(C)C. The van der Waals surface area contributed by atoms with Crippen LogP contribution in [0.2, 0.25) is 0 Å². The third-order valence-electron chi connectivity index (χ3n) is 26.5. The summed E-state index contributed by atoms with van der Waals surface area (Å²) in [7, 11) is 0. The van der Waals surface area contributed by atoms with Gasteiger partial charge in [-0.15, -0.1) is 0 Å². The fourth-order valence-electron chi connectivity index (χ4n) is 16.8. The smallest absolute Gasteiger partial charge is 0.309 e. The molecule has 0 bridgehead atoms. The molecule has 0 aliphatic heterocycles. The number of rotatable bonds is 50. The van der Waals surface area contributed by atoms with Crippen LogP contribution in [0, 0.1) is 95.7 Å². The van der Waals surface area contributed by atoms with Crippen molar-refractivity contribution in [2.45, 2.75) is 471 Å². The highest BCUT2D eigenvalue weighted by Gasteiger charge is 2.31. The second kappa shape index (κ2) is 56.1. The van der Waals surface area contributed by atoms with Crippen LogP contribution in [0.25, 0.3) is 0 Å². The van der Waals surface area contributed by atoms with Gasteiger partial charge in [0.25, 0.3) is 0 Å². The first-order valence-electron chi connectivity index (χ1n) is 50.1. The fourth-order valence-corrected chi connectivity index (χ4v) is 16.8. The van der Waals surface area contributed by atoms with Crippen LogP contribution < -0.4 is 0 Å². The molecule has 0 aromatic heterocycles. The molecule has 0 atom stereocenters. The van der Waals surface area contributed by atoms with E-state index in [2.05, 4.69) is 182 Å². The van der Waals surface area contributed by atoms with Crippen LogP contribution in [0.4, 0.5) is 0 Å². The molecule has 740 valence electrons. The number of aromatic hydroxyl groups is 4. The van der Waals surface area contributed by atoms with E-state index < -0.39 is 56.9 Å². The average Bonchev–Trinajstić information content (AvgIpc) is 0.838. The number of unbranched alkanes of at least 4 members (excludes halogenated alkanes) is 10. The molecule has 0 radical (unpaired) electrons. The largest absolute Gasteiger partial charge is 0.508 e. The summed E-state index contributed by atoms with van der Waals surface area (Å²) >= 11 is 0. The molecule has 14 heteroatoms. The first kappa shape index (κ1) is 121. The summed E-state index contributed by atoms with van der Waals surface area (Å²) in [6.07, 6.45) is 40.3. The highest BCUT2D eigenvalue weighted by molar-refractivity contribution is 5.75. The number of benzene rings is 5. The van der Waals surface area contributed by atoms with E-state index in [0.717, 1.165) is 196 Å². The first-order chi connectivity index (χ1) is 59.6. The van der Waals surface area contributed by atoms with E-state index in [0.29, 0.717) is 46.3 Å². The molecule has 0 amide bonds. The molecule has 5 aromatic rings. The van der Waals surface area contributed by atoms with Crippen LogP contribution in [0.1, 0.15) is 455 Å². The number of aryl methyl sites for hydroxylation is 10. The van der Waals surface area contributed by atoms with Crippen molar-refractivity contribution in [2.75, 3.05) is 0 Å². The summed E-state index contributed by atoms with van der Waals surface area (Å²) in [4.78, 5) is 56.1. The Bertz CT molecular complexity index is 4000. The Morgan fingerprint density at radius 1 is 0.208 bits per heavy atom. The van der Waals surface area contributed by atoms with E-state index in [9.17, 15) is 69.9 Å². The second-order valence-corrected chi connectivity index (χ2v) is 48.1. The van der Waals surface area contributed by atoms with Gasteiger partial charge in [0.2, 0.25) is 0 Å². The summed E-state index contributed by atoms with van der Waals surface area (Å²) < 4.78 is 0. The Morgan fingerprint density at radius 3 is 0.692 bits per heavy atom. The number of aliphatic carboxylic acids is 5. The van der Waals surface area contributed by atoms with Crippen LogP contribution in [0.15, 0.2) is 60.7 Å². The van der Waals surface area contributed by atoms with Crippen LogP contribution in [0.5, 0.6) is 23.0 Å². The molecule has 0 unspecified atom stereocenters. The van der Waals surface area contributed by atoms with Gasteiger partial charge in [0.1, 0.15) is 23.0 Å². The Morgan fingerprint density at radius 2 is 0.431 bits per heavy atom. The summed E-state index contributed by atoms with van der Waals surface area (Å²) in [6, 6.07) is 20.1. The van der Waals surface area contributed by atoms with Gasteiger partial charge in [-0.05, 0) is 421 Å². The zero-order chi connectivity index (χ0) is 99.8. The van der Waals surface area contributed by atoms with E-state index in [1.165, 1.54) is 137 Å². The Kier molecular flexibility index (Phi) is 52.1. The minimum absolute atomic E-state index is 0.0850. The minimum Gasteiger partial charge on any atom is -0.508 e. The van der Waals surface area contributed by atoms with Gasteiger partial charge in [-0.2, -0.15) is 0 Å². The second-order valence-electron chi connectivity index (χ2n) is 48.1. The third-order valence-corrected chi connectivity index (χ3v) is 26.5. The maximum absolute atomic E-state index is 11.3. The van der Waals surface area contributed by atoms with Crippen molar-refractivity contribution in [1.82, 2.24) is 0 Å². The van der Waals surface area contributed by atoms with E-state index in [1.54, 1.807) is 45.9 Å². The molecular weight excluding hydrogens is 1620 g/mol. The molecule has 9 N–H and O–H groups in total. The van der Waals surface area contributed by atoms with Crippen molar-refractivity contribution in [3.63, 3.8) is 0 Å². The van der Waals surface area contributed by atoms with E-state index in [1.807, 2.05) is 41.5 Å². The lowest BCUT2D eigenvalue weighted by Gasteiger charge is -2.20. The molecule has 130 heavy (non-hydrogen) atoms. The molecule has 0 aliphatic carbocycles. The standard InChI is InChI=1S/3C24H40O2.2C22H36O4/c1-18-16-19(2)21(13-9-10-14-23(3,4)5)20(17-18)12-8-11-15-24(6,7)22(25)26;1-18-14-15-19(2)21(13-9-11-17-24(6,7)22(25)26)20(18)12-8-10-16-23(3,4)5;1-18-16-20(12-8-10-14-23(3,4)5)21(17-19(18)2)13-9-11-15-24(6,7)22(25)26;1-21(2,3)12-8-7-11-18-16(14-17(23)15-19(18)24)10-6-9-13-22(4,5)20(25)26;1-21(2,3)14-8-6-10-16-17(19(24)13-12-18(16)23)11-7-9-15-22(4,5)20(25)26/h16-17H,8-15H2,1-7H3,(H,25,26);14-15H,8-13,16-17H2,1-7H3,(H,25,26);16-17H,8-15H2,1-7H3,(H,25,26);14-15,23-24H,6-13H2,1-5H3,(H,25,26);12-13,23-24H,6-11,14-15H2,1-5H3,(H,25,26). The van der Waals surface area contributed by atoms with Crippen molar-refractivity contribution >= 4 is 29.8 Å². The van der Waals surface area contributed by atoms with Gasteiger partial charge in [-0.1, -0.05) is 210 Å². The monoisotopic (exact) mass is 1810 g/mol. The highest BCUT2D eigenvalue weighted by atomic mass is 16.4. The topological polar surface area (TPSA) is 267 Å². The van der Waals surface area contributed by atoms with Crippen LogP contribution >= 0.6 is 0 Å². The molecule has 0 spiro atoms. The number of carboxylic acid groups (broad SMARTS) is 5. The van der Waals surface area contributed by atoms with Crippen molar-refractivity contribution < 1.29 is 69.9 Å². The van der Waals surface area contributed by atoms with Gasteiger partial charge in [0, 0.05) is 17.2 Å². The van der Waals surface area contributed by atoms with Crippen molar-refractivity contribution in [1.29, 1.82) is 0 Å². The quantitative estimate of drug-likeness (QED) is 0.0130. The summed E-state index contributed by atoms with van der Waals surface area (Å²) in [5, 5.41) is 86.7. The van der Waals surface area contributed by atoms with Gasteiger partial charge in [0.15, 0.2) is 0 Å². The lowest BCUT2D eigenvalue weighted by atomic mass is 9.85. The molecule has 5 aromatic carbocycles. The zero-order valence-electron chi connectivity index (χ0n) is 88.6. The number of phenolic OH excluding ortho intramolecular Hbond substituents is 4. The van der Waals surface area contributed by atoms with Gasteiger partial charge in [-0.25, -0.2) is 0 Å². The Hall–Kier alpha value is -7.35. The molecule has 0 fully saturated rings. The number of carboxylic acids is 5. The number of hydrogen-bond acceptors (Lipinski definition) is 9. The van der Waals surface area contributed by atoms with Crippen molar-refractivity contribution in [2.24, 2.45) is 54.1 Å². The molecule has 5 rings (SSSR count). The average molecular weight is 1810 g/mol. The van der Waals surface area contributed by atoms with Crippen molar-refractivity contribution in [3.8, 4) is 23.0 Å².